The van der Waals surface area contributed by atoms with Crippen molar-refractivity contribution in [2.75, 3.05) is 0 Å². The van der Waals surface area contributed by atoms with E-state index >= 15 is 0 Å². The van der Waals surface area contributed by atoms with Crippen LogP contribution < -0.4 is 0 Å². The molecule has 1 saturated heterocycles. The largest absolute Gasteiger partial charge is 0.507 e. The lowest BCUT2D eigenvalue weighted by Gasteiger charge is -2.25. The van der Waals surface area contributed by atoms with Crippen molar-refractivity contribution >= 4 is 17.4 Å². The number of likely N-dealkylation sites (tertiary alicyclic amines) is 1. The Hall–Kier alpha value is -3.80. The van der Waals surface area contributed by atoms with Gasteiger partial charge in [0.25, 0.3) is 11.7 Å². The summed E-state index contributed by atoms with van der Waals surface area (Å²) in [4.78, 5) is 31.7. The average Bonchev–Trinajstić information content (AvgIpc) is 3.01. The minimum absolute atomic E-state index is 0.0127. The van der Waals surface area contributed by atoms with E-state index in [2.05, 4.69) is 4.98 Å². The van der Waals surface area contributed by atoms with Crippen molar-refractivity contribution in [2.45, 2.75) is 26.4 Å². The van der Waals surface area contributed by atoms with Crippen molar-refractivity contribution in [1.29, 1.82) is 0 Å². The molecule has 6 heteroatoms. The summed E-state index contributed by atoms with van der Waals surface area (Å²) in [6, 6.07) is 15.6. The molecule has 0 aliphatic carbocycles. The van der Waals surface area contributed by atoms with E-state index in [1.807, 2.05) is 26.0 Å². The first kappa shape index (κ1) is 20.5. The number of carbonyl (C=O) groups excluding carboxylic acids is 2. The van der Waals surface area contributed by atoms with Gasteiger partial charge in [-0.25, -0.2) is 4.39 Å². The maximum Gasteiger partial charge on any atom is 0.296 e. The first-order valence-electron chi connectivity index (χ1n) is 9.88. The second-order valence-electron chi connectivity index (χ2n) is 7.62. The Balaban J connectivity index is 1.90. The molecule has 0 saturated carbocycles. The molecule has 5 nitrogen and oxygen atoms in total. The van der Waals surface area contributed by atoms with Crippen molar-refractivity contribution in [3.63, 3.8) is 0 Å². The molecular formula is C25H21FN2O3. The second-order valence-corrected chi connectivity index (χ2v) is 7.62. The summed E-state index contributed by atoms with van der Waals surface area (Å²) >= 11 is 0. The highest BCUT2D eigenvalue weighted by atomic mass is 19.1. The van der Waals surface area contributed by atoms with E-state index in [4.69, 9.17) is 0 Å². The summed E-state index contributed by atoms with van der Waals surface area (Å²) in [6.45, 7) is 3.79. The van der Waals surface area contributed by atoms with Crippen LogP contribution in [0.4, 0.5) is 4.39 Å². The third-order valence-electron chi connectivity index (χ3n) is 5.43. The highest BCUT2D eigenvalue weighted by Crippen LogP contribution is 2.40. The molecule has 2 heterocycles. The van der Waals surface area contributed by atoms with Gasteiger partial charge in [-0.2, -0.15) is 0 Å². The fourth-order valence-electron chi connectivity index (χ4n) is 3.84. The van der Waals surface area contributed by atoms with Gasteiger partial charge in [-0.3, -0.25) is 14.6 Å². The molecule has 1 aliphatic rings. The first-order chi connectivity index (χ1) is 14.9. The number of benzene rings is 2. The minimum Gasteiger partial charge on any atom is -0.507 e. The Morgan fingerprint density at radius 2 is 1.81 bits per heavy atom. The fourth-order valence-corrected chi connectivity index (χ4v) is 3.84. The summed E-state index contributed by atoms with van der Waals surface area (Å²) in [7, 11) is 0. The summed E-state index contributed by atoms with van der Waals surface area (Å²) in [6.07, 6.45) is 1.61. The number of halogens is 1. The summed E-state index contributed by atoms with van der Waals surface area (Å²) in [5, 5.41) is 11.2. The lowest BCUT2D eigenvalue weighted by Crippen LogP contribution is -2.29. The normalized spacial score (nSPS) is 17.9. The molecule has 0 spiro atoms. The van der Waals surface area contributed by atoms with Crippen LogP contribution in [-0.4, -0.2) is 26.7 Å². The van der Waals surface area contributed by atoms with Gasteiger partial charge in [-0.05, 0) is 55.3 Å². The first-order valence-corrected chi connectivity index (χ1v) is 9.88. The molecule has 0 radical (unpaired) electrons. The van der Waals surface area contributed by atoms with Crippen molar-refractivity contribution in [3.8, 4) is 0 Å². The third-order valence-corrected chi connectivity index (χ3v) is 5.43. The SMILES string of the molecule is Cc1ccc(C)c(/C(O)=C2\C(=O)C(=O)N(Cc3ccccn3)C2c2ccc(F)cc2)c1. The molecule has 1 aromatic heterocycles. The van der Waals surface area contributed by atoms with Crippen LogP contribution in [0.2, 0.25) is 0 Å². The second kappa shape index (κ2) is 8.14. The lowest BCUT2D eigenvalue weighted by molar-refractivity contribution is -0.140. The molecule has 1 fully saturated rings. The van der Waals surface area contributed by atoms with Crippen LogP contribution >= 0.6 is 0 Å². The highest BCUT2D eigenvalue weighted by Gasteiger charge is 2.46. The maximum atomic E-state index is 13.6. The topological polar surface area (TPSA) is 70.5 Å². The smallest absolute Gasteiger partial charge is 0.296 e. The summed E-state index contributed by atoms with van der Waals surface area (Å²) in [5.74, 6) is -2.17. The number of aliphatic hydroxyl groups is 1. The number of rotatable bonds is 4. The van der Waals surface area contributed by atoms with Crippen LogP contribution in [0.5, 0.6) is 0 Å². The number of pyridine rings is 1. The lowest BCUT2D eigenvalue weighted by atomic mass is 9.93. The molecule has 3 aromatic rings. The van der Waals surface area contributed by atoms with Gasteiger partial charge in [0.1, 0.15) is 11.6 Å². The monoisotopic (exact) mass is 416 g/mol. The standard InChI is InChI=1S/C25H21FN2O3/c1-15-6-7-16(2)20(13-15)23(29)21-22(17-8-10-18(26)11-9-17)28(25(31)24(21)30)14-19-5-3-4-12-27-19/h3-13,22,29H,14H2,1-2H3/b23-21+. The van der Waals surface area contributed by atoms with E-state index in [0.29, 0.717) is 16.8 Å². The molecule has 1 N–H and O–H groups in total. The number of carbonyl (C=O) groups is 2. The third kappa shape index (κ3) is 3.84. The number of Topliss-reactive ketones (excluding diaryl/α,β-unsaturated/α-hetero) is 1. The van der Waals surface area contributed by atoms with Gasteiger partial charge in [0.15, 0.2) is 0 Å². The fraction of sp³-hybridized carbons (Fsp3) is 0.160. The van der Waals surface area contributed by atoms with Gasteiger partial charge >= 0.3 is 0 Å². The van der Waals surface area contributed by atoms with Crippen molar-refractivity contribution < 1.29 is 19.1 Å². The molecule has 1 atom stereocenters. The number of ketones is 1. The molecule has 2 aromatic carbocycles. The molecule has 0 bridgehead atoms. The molecule has 156 valence electrons. The Bertz CT molecular complexity index is 1190. The van der Waals surface area contributed by atoms with E-state index in [1.165, 1.54) is 29.2 Å². The molecular weight excluding hydrogens is 395 g/mol. The number of nitrogens with zero attached hydrogens (tertiary/aromatic N) is 2. The zero-order chi connectivity index (χ0) is 22.1. The molecule has 1 amide bonds. The van der Waals surface area contributed by atoms with E-state index in [1.54, 1.807) is 30.5 Å². The molecule has 31 heavy (non-hydrogen) atoms. The molecule has 1 unspecified atom stereocenters. The Labute approximate surface area is 179 Å². The number of aryl methyl sites for hydroxylation is 2. The van der Waals surface area contributed by atoms with Crippen LogP contribution in [0.25, 0.3) is 5.76 Å². The van der Waals surface area contributed by atoms with E-state index < -0.39 is 23.5 Å². The predicted octanol–water partition coefficient (Wildman–Crippen LogP) is 4.46. The Morgan fingerprint density at radius 3 is 2.48 bits per heavy atom. The van der Waals surface area contributed by atoms with Crippen LogP contribution in [0.3, 0.4) is 0 Å². The summed E-state index contributed by atoms with van der Waals surface area (Å²) in [5.41, 5.74) is 3.29. The summed E-state index contributed by atoms with van der Waals surface area (Å²) < 4.78 is 13.6. The Kier molecular flexibility index (Phi) is 5.38. The quantitative estimate of drug-likeness (QED) is 0.387. The Morgan fingerprint density at radius 1 is 1.06 bits per heavy atom. The van der Waals surface area contributed by atoms with Gasteiger partial charge in [0.05, 0.1) is 23.9 Å². The van der Waals surface area contributed by atoms with Crippen LogP contribution in [-0.2, 0) is 16.1 Å². The van der Waals surface area contributed by atoms with E-state index in [-0.39, 0.29) is 17.9 Å². The number of aliphatic hydroxyl groups excluding tert-OH is 1. The van der Waals surface area contributed by atoms with Gasteiger partial charge in [-0.15, -0.1) is 0 Å². The van der Waals surface area contributed by atoms with Gasteiger partial charge in [0, 0.05) is 11.8 Å². The van der Waals surface area contributed by atoms with Crippen LogP contribution in [0.1, 0.15) is 34.0 Å². The van der Waals surface area contributed by atoms with Gasteiger partial charge in [0.2, 0.25) is 0 Å². The van der Waals surface area contributed by atoms with Crippen molar-refractivity contribution in [3.05, 3.63) is 106 Å². The number of hydrogen-bond acceptors (Lipinski definition) is 4. The van der Waals surface area contributed by atoms with E-state index in [9.17, 15) is 19.1 Å². The van der Waals surface area contributed by atoms with Crippen LogP contribution in [0, 0.1) is 19.7 Å². The zero-order valence-corrected chi connectivity index (χ0v) is 17.2. The molecule has 4 rings (SSSR count). The number of hydrogen-bond donors (Lipinski definition) is 1. The maximum absolute atomic E-state index is 13.6. The zero-order valence-electron chi connectivity index (χ0n) is 17.2. The highest BCUT2D eigenvalue weighted by molar-refractivity contribution is 6.46. The van der Waals surface area contributed by atoms with Crippen molar-refractivity contribution in [1.82, 2.24) is 9.88 Å². The number of aromatic nitrogens is 1. The van der Waals surface area contributed by atoms with Gasteiger partial charge in [-0.1, -0.05) is 35.9 Å². The van der Waals surface area contributed by atoms with Crippen LogP contribution in [0.15, 0.2) is 72.4 Å². The average molecular weight is 416 g/mol. The van der Waals surface area contributed by atoms with Crippen molar-refractivity contribution in [2.24, 2.45) is 0 Å². The number of amides is 1. The predicted molar refractivity (Wildman–Crippen MR) is 114 cm³/mol. The molecule has 1 aliphatic heterocycles. The minimum atomic E-state index is -0.859. The van der Waals surface area contributed by atoms with Gasteiger partial charge < -0.3 is 10.0 Å². The van der Waals surface area contributed by atoms with E-state index in [0.717, 1.165) is 11.1 Å².